The van der Waals surface area contributed by atoms with E-state index >= 15 is 0 Å². The van der Waals surface area contributed by atoms with Crippen LogP contribution < -0.4 is 9.47 Å². The molecule has 186 valence electrons. The second-order valence-corrected chi connectivity index (χ2v) is 10.4. The number of benzene rings is 1. The summed E-state index contributed by atoms with van der Waals surface area (Å²) in [6.07, 6.45) is -3.16. The molecule has 0 aromatic heterocycles. The Morgan fingerprint density at radius 3 is 2.53 bits per heavy atom. The number of carbonyl (C=O) groups excluding carboxylic acids is 1. The summed E-state index contributed by atoms with van der Waals surface area (Å²) >= 11 is 0. The lowest BCUT2D eigenvalue weighted by Gasteiger charge is -2.48. The van der Waals surface area contributed by atoms with Crippen LogP contribution in [0.5, 0.6) is 11.5 Å². The molecule has 1 saturated heterocycles. The number of fused-ring (bicyclic) bond motifs is 5. The van der Waals surface area contributed by atoms with Crippen LogP contribution in [0.3, 0.4) is 0 Å². The van der Waals surface area contributed by atoms with E-state index in [0.29, 0.717) is 35.7 Å². The third kappa shape index (κ3) is 3.52. The largest absolute Gasteiger partial charge is 0.493 e. The highest BCUT2D eigenvalue weighted by Gasteiger charge is 2.55. The molecule has 0 bridgehead atoms. The molecule has 3 aliphatic carbocycles. The first kappa shape index (κ1) is 23.5. The van der Waals surface area contributed by atoms with Crippen molar-refractivity contribution >= 4 is 11.8 Å². The summed E-state index contributed by atoms with van der Waals surface area (Å²) in [6, 6.07) is 3.78. The lowest BCUT2D eigenvalue weighted by molar-refractivity contribution is -0.271. The number of aliphatic hydroxyl groups is 3. The van der Waals surface area contributed by atoms with E-state index in [4.69, 9.17) is 14.2 Å². The lowest BCUT2D eigenvalue weighted by atomic mass is 9.55. The molecule has 0 amide bonds. The van der Waals surface area contributed by atoms with Crippen LogP contribution in [-0.4, -0.2) is 70.0 Å². The number of hydrogen-bond acceptors (Lipinski definition) is 8. The van der Waals surface area contributed by atoms with E-state index in [1.54, 1.807) is 0 Å². The Kier molecular flexibility index (Phi) is 5.87. The maximum absolute atomic E-state index is 12.6. The molecule has 2 saturated carbocycles. The second kappa shape index (κ2) is 8.48. The van der Waals surface area contributed by atoms with E-state index in [1.807, 2.05) is 12.1 Å². The highest BCUT2D eigenvalue weighted by molar-refractivity contribution is 5.87. The monoisotopic (exact) mass is 476 g/mol. The van der Waals surface area contributed by atoms with Crippen LogP contribution in [0.25, 0.3) is 0 Å². The molecule has 1 aromatic carbocycles. The van der Waals surface area contributed by atoms with Crippen LogP contribution in [0.1, 0.15) is 56.1 Å². The number of carboxylic acids is 1. The Balaban J connectivity index is 1.42. The molecule has 4 N–H and O–H groups in total. The Hall–Kier alpha value is -2.20. The molecular weight excluding hydrogens is 444 g/mol. The Bertz CT molecular complexity index is 993. The van der Waals surface area contributed by atoms with Crippen LogP contribution in [0.2, 0.25) is 0 Å². The first-order chi connectivity index (χ1) is 16.2. The van der Waals surface area contributed by atoms with Crippen LogP contribution in [0.4, 0.5) is 0 Å². The van der Waals surface area contributed by atoms with E-state index in [0.717, 1.165) is 37.7 Å². The van der Waals surface area contributed by atoms with Gasteiger partial charge >= 0.3 is 5.97 Å². The smallest absolute Gasteiger partial charge is 0.335 e. The minimum Gasteiger partial charge on any atom is -0.493 e. The van der Waals surface area contributed by atoms with E-state index in [-0.39, 0.29) is 11.2 Å². The van der Waals surface area contributed by atoms with E-state index < -0.39 is 36.7 Å². The second-order valence-electron chi connectivity index (χ2n) is 10.4. The van der Waals surface area contributed by atoms with Crippen LogP contribution >= 0.6 is 0 Å². The fraction of sp³-hybridized carbons (Fsp3) is 0.680. The Labute approximate surface area is 197 Å². The molecule has 1 aliphatic heterocycles. The fourth-order valence-corrected chi connectivity index (χ4v) is 6.87. The van der Waals surface area contributed by atoms with Gasteiger partial charge in [-0.1, -0.05) is 6.92 Å². The van der Waals surface area contributed by atoms with Gasteiger partial charge in [0.25, 0.3) is 0 Å². The number of ether oxygens (including phenoxy) is 3. The summed E-state index contributed by atoms with van der Waals surface area (Å²) in [6.45, 7) is 2.14. The molecule has 0 radical (unpaired) electrons. The average Bonchev–Trinajstić information content (AvgIpc) is 3.12. The summed E-state index contributed by atoms with van der Waals surface area (Å²) in [5, 5.41) is 39.6. The van der Waals surface area contributed by atoms with Gasteiger partial charge in [0.2, 0.25) is 6.29 Å². The molecule has 4 aliphatic rings. The summed E-state index contributed by atoms with van der Waals surface area (Å²) in [7, 11) is 1.50. The maximum atomic E-state index is 12.6. The number of carboxylic acid groups (broad SMARTS) is 1. The standard InChI is InChI=1S/C25H32O9/c1-25-8-7-12-13(15(25)5-6-18(25)26)4-3-11-9-17(16(32-2)10-14(11)12)33-24-21(29)19(27)20(28)22(34-24)23(30)31/h9-10,12-13,15,19-22,24,27-29H,3-8H2,1-2H3,(H,30,31)/t12-,13+,15-,19-,20-,21+,22-,24?,25-/m0/s1. The SMILES string of the molecule is COc1cc2c(cc1OC1O[C@H](C(=O)O)[C@@H](O)[C@H](O)[C@H]1O)CC[C@@H]1[C@@H]2CC[C@]2(C)C(=O)CC[C@@H]12. The van der Waals surface area contributed by atoms with E-state index in [2.05, 4.69) is 6.92 Å². The summed E-state index contributed by atoms with van der Waals surface area (Å²) < 4.78 is 16.7. The van der Waals surface area contributed by atoms with Crippen molar-refractivity contribution in [2.45, 2.75) is 82.1 Å². The number of hydrogen-bond donors (Lipinski definition) is 4. The van der Waals surface area contributed by atoms with Crippen molar-refractivity contribution in [1.29, 1.82) is 0 Å². The molecule has 9 atom stereocenters. The van der Waals surface area contributed by atoms with Gasteiger partial charge in [0.1, 0.15) is 24.1 Å². The molecule has 3 fully saturated rings. The average molecular weight is 477 g/mol. The maximum Gasteiger partial charge on any atom is 0.335 e. The van der Waals surface area contributed by atoms with Gasteiger partial charge < -0.3 is 34.6 Å². The zero-order valence-electron chi connectivity index (χ0n) is 19.3. The van der Waals surface area contributed by atoms with E-state index in [1.165, 1.54) is 12.7 Å². The third-order valence-electron chi connectivity index (χ3n) is 8.77. The normalized spacial score (nSPS) is 41.3. The summed E-state index contributed by atoms with van der Waals surface area (Å²) in [5.74, 6) is 0.810. The van der Waals surface area contributed by atoms with Crippen molar-refractivity contribution in [2.24, 2.45) is 17.3 Å². The lowest BCUT2D eigenvalue weighted by Crippen LogP contribution is -2.61. The molecule has 5 rings (SSSR count). The highest BCUT2D eigenvalue weighted by Crippen LogP contribution is 2.60. The minimum absolute atomic E-state index is 0.202. The van der Waals surface area contributed by atoms with Gasteiger partial charge in [0.05, 0.1) is 7.11 Å². The third-order valence-corrected chi connectivity index (χ3v) is 8.77. The number of aliphatic hydroxyl groups excluding tert-OH is 3. The molecule has 0 spiro atoms. The van der Waals surface area contributed by atoms with Gasteiger partial charge in [-0.15, -0.1) is 0 Å². The number of Topliss-reactive ketones (excluding diaryl/α,β-unsaturated/α-hetero) is 1. The van der Waals surface area contributed by atoms with Gasteiger partial charge in [-0.25, -0.2) is 4.79 Å². The van der Waals surface area contributed by atoms with Crippen molar-refractivity contribution < 1.29 is 44.2 Å². The first-order valence-electron chi connectivity index (χ1n) is 12.0. The number of carbonyl (C=O) groups is 2. The highest BCUT2D eigenvalue weighted by atomic mass is 16.7. The zero-order chi connectivity index (χ0) is 24.4. The molecule has 9 nitrogen and oxygen atoms in total. The molecule has 1 aromatic rings. The van der Waals surface area contributed by atoms with Gasteiger partial charge in [0.15, 0.2) is 17.6 Å². The molecule has 1 unspecified atom stereocenters. The number of rotatable bonds is 4. The van der Waals surface area contributed by atoms with Crippen molar-refractivity contribution in [3.63, 3.8) is 0 Å². The topological polar surface area (TPSA) is 143 Å². The van der Waals surface area contributed by atoms with Crippen LogP contribution in [-0.2, 0) is 20.7 Å². The number of ketones is 1. The quantitative estimate of drug-likeness (QED) is 0.507. The van der Waals surface area contributed by atoms with Crippen molar-refractivity contribution in [3.05, 3.63) is 23.3 Å². The predicted octanol–water partition coefficient (Wildman–Crippen LogP) is 1.39. The number of aryl methyl sites for hydroxylation is 1. The zero-order valence-corrected chi connectivity index (χ0v) is 19.3. The van der Waals surface area contributed by atoms with Crippen LogP contribution in [0.15, 0.2) is 12.1 Å². The van der Waals surface area contributed by atoms with Gasteiger partial charge in [-0.05, 0) is 73.1 Å². The van der Waals surface area contributed by atoms with E-state index in [9.17, 15) is 30.0 Å². The summed E-state index contributed by atoms with van der Waals surface area (Å²) in [4.78, 5) is 24.0. The fourth-order valence-electron chi connectivity index (χ4n) is 6.87. The van der Waals surface area contributed by atoms with Gasteiger partial charge in [-0.3, -0.25) is 4.79 Å². The Morgan fingerprint density at radius 2 is 1.82 bits per heavy atom. The van der Waals surface area contributed by atoms with Crippen molar-refractivity contribution in [1.82, 2.24) is 0 Å². The van der Waals surface area contributed by atoms with Gasteiger partial charge in [0, 0.05) is 11.8 Å². The number of aliphatic carboxylic acids is 1. The minimum atomic E-state index is -1.78. The molecule has 34 heavy (non-hydrogen) atoms. The molecule has 9 heteroatoms. The molecular formula is C25H32O9. The van der Waals surface area contributed by atoms with Crippen molar-refractivity contribution in [3.8, 4) is 11.5 Å². The Morgan fingerprint density at radius 1 is 1.06 bits per heavy atom. The van der Waals surface area contributed by atoms with Gasteiger partial charge in [-0.2, -0.15) is 0 Å². The first-order valence-corrected chi connectivity index (χ1v) is 12.0. The predicted molar refractivity (Wildman–Crippen MR) is 118 cm³/mol. The number of methoxy groups -OCH3 is 1. The molecule has 1 heterocycles. The van der Waals surface area contributed by atoms with Crippen LogP contribution in [0, 0.1) is 17.3 Å². The summed E-state index contributed by atoms with van der Waals surface area (Å²) in [5.41, 5.74) is 2.07. The van der Waals surface area contributed by atoms with Crippen molar-refractivity contribution in [2.75, 3.05) is 7.11 Å².